The highest BCUT2D eigenvalue weighted by molar-refractivity contribution is 5.41. The second-order valence-corrected chi connectivity index (χ2v) is 4.54. The van der Waals surface area contributed by atoms with E-state index in [1.165, 1.54) is 5.56 Å². The first-order valence-electron chi connectivity index (χ1n) is 6.08. The number of hydrogen-bond acceptors (Lipinski definition) is 3. The monoisotopic (exact) mass is 232 g/mol. The predicted molar refractivity (Wildman–Crippen MR) is 69.3 cm³/mol. The zero-order chi connectivity index (χ0) is 12.3. The van der Waals surface area contributed by atoms with Gasteiger partial charge in [0.25, 0.3) is 0 Å². The molecule has 0 unspecified atom stereocenters. The molecular weight excluding hydrogens is 212 g/mol. The minimum Gasteiger partial charge on any atom is -0.496 e. The molecule has 0 bridgehead atoms. The molecule has 1 aromatic rings. The lowest BCUT2D eigenvalue weighted by atomic mass is 10.1. The van der Waals surface area contributed by atoms with Crippen LogP contribution in [0.3, 0.4) is 0 Å². The quantitative estimate of drug-likeness (QED) is 0.749. The molecule has 3 heteroatoms. The van der Waals surface area contributed by atoms with Gasteiger partial charge in [-0.2, -0.15) is 0 Å². The van der Waals surface area contributed by atoms with Gasteiger partial charge in [0.2, 0.25) is 0 Å². The topological polar surface area (TPSA) is 25.4 Å². The number of methoxy groups -OCH3 is 1. The summed E-state index contributed by atoms with van der Waals surface area (Å²) in [5.41, 5.74) is 3.40. The van der Waals surface area contributed by atoms with Crippen molar-refractivity contribution >= 4 is 0 Å². The lowest BCUT2D eigenvalue weighted by molar-refractivity contribution is 0.285. The van der Waals surface area contributed by atoms with Crippen LogP contribution < -0.4 is 4.74 Å². The average molecular weight is 232 g/mol. The molecule has 2 rings (SSSR count). The number of aromatic nitrogens is 1. The van der Waals surface area contributed by atoms with E-state index in [0.29, 0.717) is 0 Å². The van der Waals surface area contributed by atoms with Crippen molar-refractivity contribution in [3.8, 4) is 5.75 Å². The molecule has 0 radical (unpaired) electrons. The summed E-state index contributed by atoms with van der Waals surface area (Å²) in [6.45, 7) is 7.18. The highest BCUT2D eigenvalue weighted by Crippen LogP contribution is 2.24. The van der Waals surface area contributed by atoms with Crippen LogP contribution in [0.25, 0.3) is 0 Å². The Bertz CT molecular complexity index is 426. The number of nitrogens with zero attached hydrogens (tertiary/aromatic N) is 2. The van der Waals surface area contributed by atoms with Crippen molar-refractivity contribution in [3.63, 3.8) is 0 Å². The summed E-state index contributed by atoms with van der Waals surface area (Å²) in [5, 5.41) is 0. The summed E-state index contributed by atoms with van der Waals surface area (Å²) in [6.07, 6.45) is 7.51. The number of aryl methyl sites for hydroxylation is 1. The van der Waals surface area contributed by atoms with Gasteiger partial charge in [0.1, 0.15) is 5.75 Å². The summed E-state index contributed by atoms with van der Waals surface area (Å²) in [4.78, 5) is 6.94. The molecule has 3 nitrogen and oxygen atoms in total. The third kappa shape index (κ3) is 2.67. The Hall–Kier alpha value is -1.35. The summed E-state index contributed by atoms with van der Waals surface area (Å²) in [6, 6.07) is 0. The summed E-state index contributed by atoms with van der Waals surface area (Å²) in [5.74, 6) is 0.975. The Morgan fingerprint density at radius 1 is 1.35 bits per heavy atom. The van der Waals surface area contributed by atoms with Gasteiger partial charge in [-0.25, -0.2) is 0 Å². The van der Waals surface area contributed by atoms with Crippen molar-refractivity contribution in [3.05, 3.63) is 35.2 Å². The highest BCUT2D eigenvalue weighted by atomic mass is 16.5. The van der Waals surface area contributed by atoms with Crippen molar-refractivity contribution in [2.45, 2.75) is 26.8 Å². The lowest BCUT2D eigenvalue weighted by Gasteiger charge is -2.23. The molecule has 1 aromatic heterocycles. The van der Waals surface area contributed by atoms with Crippen LogP contribution >= 0.6 is 0 Å². The molecule has 1 aliphatic heterocycles. The van der Waals surface area contributed by atoms with E-state index < -0.39 is 0 Å². The molecule has 0 N–H and O–H groups in total. The van der Waals surface area contributed by atoms with Crippen LogP contribution in [0.2, 0.25) is 0 Å². The molecule has 0 amide bonds. The molecular formula is C14H20N2O. The van der Waals surface area contributed by atoms with E-state index in [9.17, 15) is 0 Å². The molecule has 0 aliphatic carbocycles. The van der Waals surface area contributed by atoms with Gasteiger partial charge >= 0.3 is 0 Å². The summed E-state index contributed by atoms with van der Waals surface area (Å²) >= 11 is 0. The molecule has 0 atom stereocenters. The maximum atomic E-state index is 5.43. The minimum atomic E-state index is 0.910. The Balaban J connectivity index is 2.18. The van der Waals surface area contributed by atoms with E-state index in [1.807, 2.05) is 13.1 Å². The largest absolute Gasteiger partial charge is 0.496 e. The van der Waals surface area contributed by atoms with Gasteiger partial charge < -0.3 is 4.74 Å². The molecule has 0 spiro atoms. The maximum absolute atomic E-state index is 5.43. The van der Waals surface area contributed by atoms with E-state index in [2.05, 4.69) is 29.0 Å². The molecule has 0 aromatic carbocycles. The predicted octanol–water partition coefficient (Wildman–Crippen LogP) is 2.47. The molecule has 0 fully saturated rings. The molecule has 92 valence electrons. The van der Waals surface area contributed by atoms with E-state index in [0.717, 1.165) is 43.1 Å². The van der Waals surface area contributed by atoms with Crippen LogP contribution in [0, 0.1) is 13.8 Å². The first kappa shape index (κ1) is 12.1. The van der Waals surface area contributed by atoms with Gasteiger partial charge in [0, 0.05) is 37.0 Å². The number of pyridine rings is 1. The Labute approximate surface area is 103 Å². The van der Waals surface area contributed by atoms with Crippen LogP contribution in [-0.4, -0.2) is 30.1 Å². The molecule has 17 heavy (non-hydrogen) atoms. The average Bonchev–Trinajstić information content (AvgIpc) is 2.35. The van der Waals surface area contributed by atoms with Gasteiger partial charge in [-0.1, -0.05) is 12.2 Å². The Morgan fingerprint density at radius 2 is 2.18 bits per heavy atom. The smallest absolute Gasteiger partial charge is 0.128 e. The fourth-order valence-corrected chi connectivity index (χ4v) is 2.28. The van der Waals surface area contributed by atoms with Crippen molar-refractivity contribution < 1.29 is 4.74 Å². The summed E-state index contributed by atoms with van der Waals surface area (Å²) < 4.78 is 5.43. The van der Waals surface area contributed by atoms with Gasteiger partial charge in [0.05, 0.1) is 12.8 Å². The van der Waals surface area contributed by atoms with Crippen LogP contribution in [0.1, 0.15) is 23.2 Å². The van der Waals surface area contributed by atoms with Gasteiger partial charge in [-0.3, -0.25) is 9.88 Å². The van der Waals surface area contributed by atoms with E-state index in [4.69, 9.17) is 4.74 Å². The van der Waals surface area contributed by atoms with Gasteiger partial charge in [-0.05, 0) is 20.3 Å². The van der Waals surface area contributed by atoms with E-state index in [1.54, 1.807) is 7.11 Å². The third-order valence-corrected chi connectivity index (χ3v) is 3.27. The molecule has 0 saturated carbocycles. The van der Waals surface area contributed by atoms with Gasteiger partial charge in [-0.15, -0.1) is 0 Å². The SMILES string of the molecule is COc1c(C)cnc(CN2CC=CCC2)c1C. The number of rotatable bonds is 3. The molecule has 0 saturated heterocycles. The number of hydrogen-bond donors (Lipinski definition) is 0. The van der Waals surface area contributed by atoms with Crippen molar-refractivity contribution in [2.75, 3.05) is 20.2 Å². The highest BCUT2D eigenvalue weighted by Gasteiger charge is 2.13. The van der Waals surface area contributed by atoms with Crippen LogP contribution in [0.4, 0.5) is 0 Å². The fourth-order valence-electron chi connectivity index (χ4n) is 2.28. The maximum Gasteiger partial charge on any atom is 0.128 e. The second kappa shape index (κ2) is 5.32. The Morgan fingerprint density at radius 3 is 2.82 bits per heavy atom. The summed E-state index contributed by atoms with van der Waals surface area (Å²) in [7, 11) is 1.72. The second-order valence-electron chi connectivity index (χ2n) is 4.54. The van der Waals surface area contributed by atoms with Crippen LogP contribution in [0.15, 0.2) is 18.3 Å². The Kier molecular flexibility index (Phi) is 3.79. The van der Waals surface area contributed by atoms with Crippen molar-refractivity contribution in [1.82, 2.24) is 9.88 Å². The van der Waals surface area contributed by atoms with Crippen LogP contribution in [-0.2, 0) is 6.54 Å². The zero-order valence-electron chi connectivity index (χ0n) is 10.9. The minimum absolute atomic E-state index is 0.910. The normalized spacial score (nSPS) is 16.2. The third-order valence-electron chi connectivity index (χ3n) is 3.27. The first-order chi connectivity index (χ1) is 8.22. The van der Waals surface area contributed by atoms with Crippen molar-refractivity contribution in [1.29, 1.82) is 0 Å². The fraction of sp³-hybridized carbons (Fsp3) is 0.500. The zero-order valence-corrected chi connectivity index (χ0v) is 10.9. The van der Waals surface area contributed by atoms with Gasteiger partial charge in [0.15, 0.2) is 0 Å². The molecule has 2 heterocycles. The van der Waals surface area contributed by atoms with E-state index >= 15 is 0 Å². The number of ether oxygens (including phenoxy) is 1. The van der Waals surface area contributed by atoms with Crippen molar-refractivity contribution in [2.24, 2.45) is 0 Å². The lowest BCUT2D eigenvalue weighted by Crippen LogP contribution is -2.27. The standard InChI is InChI=1S/C14H20N2O/c1-11-9-15-13(12(2)14(11)17-3)10-16-7-5-4-6-8-16/h4-5,9H,6-8,10H2,1-3H3. The van der Waals surface area contributed by atoms with E-state index in [-0.39, 0.29) is 0 Å². The van der Waals surface area contributed by atoms with Crippen LogP contribution in [0.5, 0.6) is 5.75 Å². The molecule has 1 aliphatic rings. The first-order valence-corrected chi connectivity index (χ1v) is 6.08.